The summed E-state index contributed by atoms with van der Waals surface area (Å²) >= 11 is 0. The fraction of sp³-hybridized carbons (Fsp3) is 1.00. The SMILES string of the molecule is CCOCP(=O)(O)COCC. The fourth-order valence-electron chi connectivity index (χ4n) is 0.505. The summed E-state index contributed by atoms with van der Waals surface area (Å²) in [6.45, 7) is 4.47. The predicted molar refractivity (Wildman–Crippen MR) is 42.8 cm³/mol. The van der Waals surface area contributed by atoms with E-state index in [1.165, 1.54) is 0 Å². The van der Waals surface area contributed by atoms with Gasteiger partial charge in [0.25, 0.3) is 0 Å². The highest BCUT2D eigenvalue weighted by molar-refractivity contribution is 7.57. The van der Waals surface area contributed by atoms with E-state index in [1.807, 2.05) is 0 Å². The van der Waals surface area contributed by atoms with E-state index in [0.29, 0.717) is 13.2 Å². The maximum absolute atomic E-state index is 11.0. The standard InChI is InChI=1S/C6H15O4P/c1-3-9-5-11(7,8)6-10-4-2/h3-6H2,1-2H3,(H,7,8). The molecule has 68 valence electrons. The number of hydrogen-bond acceptors (Lipinski definition) is 3. The van der Waals surface area contributed by atoms with Gasteiger partial charge < -0.3 is 14.4 Å². The summed E-state index contributed by atoms with van der Waals surface area (Å²) < 4.78 is 20.6. The van der Waals surface area contributed by atoms with Crippen LogP contribution in [0.25, 0.3) is 0 Å². The summed E-state index contributed by atoms with van der Waals surface area (Å²) in [5.74, 6) is 0. The van der Waals surface area contributed by atoms with Gasteiger partial charge in [0.05, 0.1) is 0 Å². The molecule has 0 aromatic heterocycles. The van der Waals surface area contributed by atoms with Gasteiger partial charge in [0.2, 0.25) is 7.37 Å². The molecule has 0 saturated heterocycles. The third kappa shape index (κ3) is 6.51. The molecule has 0 fully saturated rings. The summed E-state index contributed by atoms with van der Waals surface area (Å²) in [6.07, 6.45) is -0.215. The van der Waals surface area contributed by atoms with Gasteiger partial charge in [-0.05, 0) is 13.8 Å². The third-order valence-corrected chi connectivity index (χ3v) is 2.17. The second-order valence-corrected chi connectivity index (χ2v) is 4.30. The first kappa shape index (κ1) is 11.1. The predicted octanol–water partition coefficient (Wildman–Crippen LogP) is 1.24. The molecule has 0 bridgehead atoms. The molecule has 0 aromatic carbocycles. The van der Waals surface area contributed by atoms with Crippen molar-refractivity contribution in [2.24, 2.45) is 0 Å². The summed E-state index contributed by atoms with van der Waals surface area (Å²) in [6, 6.07) is 0. The molecule has 4 nitrogen and oxygen atoms in total. The Bertz CT molecular complexity index is 125. The average Bonchev–Trinajstić information content (AvgIpc) is 1.97. The Balaban J connectivity index is 3.53. The van der Waals surface area contributed by atoms with Gasteiger partial charge in [0.15, 0.2) is 0 Å². The monoisotopic (exact) mass is 182 g/mol. The van der Waals surface area contributed by atoms with Crippen LogP contribution in [0.1, 0.15) is 13.8 Å². The van der Waals surface area contributed by atoms with E-state index in [1.54, 1.807) is 13.8 Å². The van der Waals surface area contributed by atoms with Crippen molar-refractivity contribution in [2.45, 2.75) is 13.8 Å². The zero-order chi connectivity index (χ0) is 8.74. The highest BCUT2D eigenvalue weighted by Gasteiger charge is 2.17. The van der Waals surface area contributed by atoms with Gasteiger partial charge in [-0.1, -0.05) is 0 Å². The second-order valence-electron chi connectivity index (χ2n) is 2.09. The largest absolute Gasteiger partial charge is 0.372 e. The van der Waals surface area contributed by atoms with Gasteiger partial charge in [0, 0.05) is 13.2 Å². The van der Waals surface area contributed by atoms with Crippen molar-refractivity contribution >= 4 is 7.37 Å². The Morgan fingerprint density at radius 3 is 1.82 bits per heavy atom. The zero-order valence-electron chi connectivity index (χ0n) is 6.95. The highest BCUT2D eigenvalue weighted by Crippen LogP contribution is 2.39. The van der Waals surface area contributed by atoms with Gasteiger partial charge in [-0.2, -0.15) is 0 Å². The zero-order valence-corrected chi connectivity index (χ0v) is 7.84. The number of ether oxygens (including phenoxy) is 2. The van der Waals surface area contributed by atoms with Crippen LogP contribution in [0.4, 0.5) is 0 Å². The first-order valence-corrected chi connectivity index (χ1v) is 5.61. The molecule has 0 aliphatic carbocycles. The van der Waals surface area contributed by atoms with Crippen LogP contribution in [0.2, 0.25) is 0 Å². The van der Waals surface area contributed by atoms with Crippen LogP contribution in [0.15, 0.2) is 0 Å². The van der Waals surface area contributed by atoms with Crippen LogP contribution in [0, 0.1) is 0 Å². The third-order valence-electron chi connectivity index (χ3n) is 0.994. The fourth-order valence-corrected chi connectivity index (χ4v) is 1.52. The summed E-state index contributed by atoms with van der Waals surface area (Å²) in [5, 5.41) is 0. The molecule has 11 heavy (non-hydrogen) atoms. The Morgan fingerprint density at radius 2 is 1.55 bits per heavy atom. The van der Waals surface area contributed by atoms with Crippen LogP contribution in [0.3, 0.4) is 0 Å². The molecular weight excluding hydrogens is 167 g/mol. The van der Waals surface area contributed by atoms with Crippen LogP contribution < -0.4 is 0 Å². The van der Waals surface area contributed by atoms with Gasteiger partial charge in [-0.3, -0.25) is 4.57 Å². The molecule has 0 aromatic rings. The summed E-state index contributed by atoms with van der Waals surface area (Å²) in [7, 11) is -3.17. The van der Waals surface area contributed by atoms with Crippen molar-refractivity contribution < 1.29 is 18.9 Å². The lowest BCUT2D eigenvalue weighted by molar-refractivity contribution is 0.156. The highest BCUT2D eigenvalue weighted by atomic mass is 31.2. The van der Waals surface area contributed by atoms with E-state index in [2.05, 4.69) is 0 Å². The first-order valence-electron chi connectivity index (χ1n) is 3.58. The molecular formula is C6H15O4P. The lowest BCUT2D eigenvalue weighted by Crippen LogP contribution is -2.01. The number of hydrogen-bond donors (Lipinski definition) is 1. The lowest BCUT2D eigenvalue weighted by Gasteiger charge is -2.10. The molecule has 0 saturated carbocycles. The molecule has 0 atom stereocenters. The van der Waals surface area contributed by atoms with Crippen LogP contribution in [0.5, 0.6) is 0 Å². The van der Waals surface area contributed by atoms with E-state index >= 15 is 0 Å². The molecule has 5 heteroatoms. The molecule has 0 unspecified atom stereocenters. The number of rotatable bonds is 6. The van der Waals surface area contributed by atoms with Crippen molar-refractivity contribution in [3.05, 3.63) is 0 Å². The van der Waals surface area contributed by atoms with E-state index < -0.39 is 7.37 Å². The van der Waals surface area contributed by atoms with E-state index in [9.17, 15) is 4.57 Å². The molecule has 0 rings (SSSR count). The lowest BCUT2D eigenvalue weighted by atomic mass is 10.9. The Morgan fingerprint density at radius 1 is 1.18 bits per heavy atom. The van der Waals surface area contributed by atoms with E-state index in [4.69, 9.17) is 14.4 Å². The summed E-state index contributed by atoms with van der Waals surface area (Å²) in [5.41, 5.74) is 0. The van der Waals surface area contributed by atoms with Crippen LogP contribution in [-0.2, 0) is 14.0 Å². The van der Waals surface area contributed by atoms with Gasteiger partial charge in [-0.25, -0.2) is 0 Å². The minimum Gasteiger partial charge on any atom is -0.372 e. The van der Waals surface area contributed by atoms with Crippen molar-refractivity contribution in [1.29, 1.82) is 0 Å². The Hall–Kier alpha value is 0.110. The van der Waals surface area contributed by atoms with Crippen molar-refractivity contribution in [3.8, 4) is 0 Å². The van der Waals surface area contributed by atoms with Crippen LogP contribution in [-0.4, -0.2) is 30.8 Å². The second kappa shape index (κ2) is 5.72. The minimum atomic E-state index is -3.17. The van der Waals surface area contributed by atoms with Crippen molar-refractivity contribution in [1.82, 2.24) is 0 Å². The maximum atomic E-state index is 11.0. The van der Waals surface area contributed by atoms with E-state index in [0.717, 1.165) is 0 Å². The summed E-state index contributed by atoms with van der Waals surface area (Å²) in [4.78, 5) is 9.08. The topological polar surface area (TPSA) is 55.8 Å². The molecule has 1 N–H and O–H groups in total. The van der Waals surface area contributed by atoms with E-state index in [-0.39, 0.29) is 12.7 Å². The molecule has 0 aliphatic rings. The molecule has 0 amide bonds. The Kier molecular flexibility index (Phi) is 5.78. The minimum absolute atomic E-state index is 0.108. The van der Waals surface area contributed by atoms with Crippen LogP contribution >= 0.6 is 7.37 Å². The smallest absolute Gasteiger partial charge is 0.250 e. The molecule has 0 radical (unpaired) electrons. The first-order chi connectivity index (χ1) is 5.12. The van der Waals surface area contributed by atoms with Crippen molar-refractivity contribution in [3.63, 3.8) is 0 Å². The van der Waals surface area contributed by atoms with Gasteiger partial charge >= 0.3 is 0 Å². The molecule has 0 heterocycles. The molecule has 0 aliphatic heterocycles. The van der Waals surface area contributed by atoms with Crippen molar-refractivity contribution in [2.75, 3.05) is 25.9 Å². The normalized spacial score (nSPS) is 11.9. The quantitative estimate of drug-likeness (QED) is 0.628. The van der Waals surface area contributed by atoms with Gasteiger partial charge in [0.1, 0.15) is 12.7 Å². The maximum Gasteiger partial charge on any atom is 0.250 e. The Labute approximate surface area is 67.0 Å². The average molecular weight is 182 g/mol. The van der Waals surface area contributed by atoms with Gasteiger partial charge in [-0.15, -0.1) is 0 Å². The molecule has 0 spiro atoms.